The lowest BCUT2D eigenvalue weighted by Gasteiger charge is -2.02. The Kier molecular flexibility index (Phi) is 5.84. The van der Waals surface area contributed by atoms with Crippen LogP contribution in [0.1, 0.15) is 0 Å². The van der Waals surface area contributed by atoms with E-state index in [9.17, 15) is 10.1 Å². The van der Waals surface area contributed by atoms with E-state index in [2.05, 4.69) is 0 Å². The first-order valence-corrected chi connectivity index (χ1v) is 5.78. The van der Waals surface area contributed by atoms with E-state index in [1.54, 1.807) is 23.9 Å². The molecule has 0 saturated carbocycles. The third-order valence-electron chi connectivity index (χ3n) is 1.78. The van der Waals surface area contributed by atoms with E-state index in [1.807, 2.05) is 0 Å². The van der Waals surface area contributed by atoms with E-state index in [4.69, 9.17) is 9.84 Å². The molecule has 1 N–H and O–H groups in total. The zero-order valence-electron chi connectivity index (χ0n) is 8.67. The van der Waals surface area contributed by atoms with Crippen molar-refractivity contribution in [1.29, 1.82) is 0 Å². The summed E-state index contributed by atoms with van der Waals surface area (Å²) in [6.45, 7) is 0.936. The smallest absolute Gasteiger partial charge is 0.269 e. The summed E-state index contributed by atoms with van der Waals surface area (Å²) in [5.41, 5.74) is 0.0980. The topological polar surface area (TPSA) is 72.6 Å². The van der Waals surface area contributed by atoms with Crippen LogP contribution in [0.5, 0.6) is 0 Å². The Balaban J connectivity index is 2.29. The van der Waals surface area contributed by atoms with Gasteiger partial charge in [0.1, 0.15) is 0 Å². The number of aliphatic hydroxyl groups is 1. The third kappa shape index (κ3) is 4.61. The number of nitro groups is 1. The van der Waals surface area contributed by atoms with Gasteiger partial charge in [0.2, 0.25) is 0 Å². The summed E-state index contributed by atoms with van der Waals surface area (Å²) in [7, 11) is 0. The fourth-order valence-electron chi connectivity index (χ4n) is 1.05. The number of nitrogens with zero attached hydrogens (tertiary/aromatic N) is 1. The van der Waals surface area contributed by atoms with Crippen LogP contribution in [0, 0.1) is 10.1 Å². The average molecular weight is 243 g/mol. The number of nitro benzene ring substituents is 1. The van der Waals surface area contributed by atoms with Gasteiger partial charge in [-0.2, -0.15) is 0 Å². The minimum absolute atomic E-state index is 0.0300. The molecule has 0 bridgehead atoms. The second-order valence-corrected chi connectivity index (χ2v) is 4.10. The molecule has 0 amide bonds. The van der Waals surface area contributed by atoms with Gasteiger partial charge in [0.05, 0.1) is 24.7 Å². The lowest BCUT2D eigenvalue weighted by atomic mass is 10.3. The molecule has 0 saturated heterocycles. The molecule has 0 fully saturated rings. The second kappa shape index (κ2) is 7.21. The highest BCUT2D eigenvalue weighted by Gasteiger charge is 2.03. The highest BCUT2D eigenvalue weighted by molar-refractivity contribution is 7.99. The minimum Gasteiger partial charge on any atom is -0.394 e. The summed E-state index contributed by atoms with van der Waals surface area (Å²) < 4.78 is 5.09. The summed E-state index contributed by atoms with van der Waals surface area (Å²) in [5, 5.41) is 18.9. The normalized spacial score (nSPS) is 10.3. The van der Waals surface area contributed by atoms with E-state index in [-0.39, 0.29) is 12.3 Å². The standard InChI is InChI=1S/C10H13NO4S/c12-5-6-15-7-8-16-10-3-1-9(2-4-10)11(13)14/h1-4,12H,5-8H2. The molecule has 16 heavy (non-hydrogen) atoms. The summed E-state index contributed by atoms with van der Waals surface area (Å²) in [4.78, 5) is 11.0. The van der Waals surface area contributed by atoms with Crippen molar-refractivity contribution in [2.75, 3.05) is 25.6 Å². The van der Waals surface area contributed by atoms with Crippen molar-refractivity contribution in [3.63, 3.8) is 0 Å². The Hall–Kier alpha value is -1.11. The molecule has 5 nitrogen and oxygen atoms in total. The lowest BCUT2D eigenvalue weighted by Crippen LogP contribution is -2.02. The van der Waals surface area contributed by atoms with Gasteiger partial charge in [0.25, 0.3) is 5.69 Å². The molecule has 0 atom stereocenters. The molecule has 0 aliphatic heterocycles. The molecule has 0 radical (unpaired) electrons. The quantitative estimate of drug-likeness (QED) is 0.341. The van der Waals surface area contributed by atoms with Crippen LogP contribution in [0.3, 0.4) is 0 Å². The molecule has 1 rings (SSSR count). The Morgan fingerprint density at radius 2 is 2.00 bits per heavy atom. The Morgan fingerprint density at radius 1 is 1.31 bits per heavy atom. The summed E-state index contributed by atoms with van der Waals surface area (Å²) >= 11 is 1.56. The predicted molar refractivity (Wildman–Crippen MR) is 61.7 cm³/mol. The molecular formula is C10H13NO4S. The van der Waals surface area contributed by atoms with E-state index in [1.165, 1.54) is 12.1 Å². The van der Waals surface area contributed by atoms with Crippen molar-refractivity contribution < 1.29 is 14.8 Å². The van der Waals surface area contributed by atoms with Crippen LogP contribution in [-0.4, -0.2) is 35.6 Å². The van der Waals surface area contributed by atoms with Crippen LogP contribution < -0.4 is 0 Å². The fraction of sp³-hybridized carbons (Fsp3) is 0.400. The van der Waals surface area contributed by atoms with Crippen molar-refractivity contribution in [2.24, 2.45) is 0 Å². The van der Waals surface area contributed by atoms with Gasteiger partial charge < -0.3 is 9.84 Å². The van der Waals surface area contributed by atoms with Crippen molar-refractivity contribution in [1.82, 2.24) is 0 Å². The highest BCUT2D eigenvalue weighted by Crippen LogP contribution is 2.20. The molecule has 0 aliphatic rings. The monoisotopic (exact) mass is 243 g/mol. The molecule has 88 valence electrons. The van der Waals surface area contributed by atoms with Gasteiger partial charge in [-0.3, -0.25) is 10.1 Å². The van der Waals surface area contributed by atoms with E-state index < -0.39 is 4.92 Å². The van der Waals surface area contributed by atoms with Gasteiger partial charge in [-0.15, -0.1) is 11.8 Å². The van der Waals surface area contributed by atoms with Crippen molar-refractivity contribution >= 4 is 17.4 Å². The number of hydrogen-bond donors (Lipinski definition) is 1. The van der Waals surface area contributed by atoms with Gasteiger partial charge in [-0.05, 0) is 12.1 Å². The number of non-ortho nitro benzene ring substituents is 1. The highest BCUT2D eigenvalue weighted by atomic mass is 32.2. The van der Waals surface area contributed by atoms with Crippen molar-refractivity contribution in [3.05, 3.63) is 34.4 Å². The number of ether oxygens (including phenoxy) is 1. The molecule has 0 aromatic heterocycles. The van der Waals surface area contributed by atoms with Crippen molar-refractivity contribution in [2.45, 2.75) is 4.90 Å². The van der Waals surface area contributed by atoms with E-state index in [0.717, 1.165) is 10.6 Å². The number of thioether (sulfide) groups is 1. The van der Waals surface area contributed by atoms with Crippen LogP contribution in [0.25, 0.3) is 0 Å². The van der Waals surface area contributed by atoms with Crippen LogP contribution in [0.4, 0.5) is 5.69 Å². The number of benzene rings is 1. The van der Waals surface area contributed by atoms with E-state index >= 15 is 0 Å². The third-order valence-corrected chi connectivity index (χ3v) is 2.76. The van der Waals surface area contributed by atoms with Gasteiger partial charge >= 0.3 is 0 Å². The first-order valence-electron chi connectivity index (χ1n) is 4.80. The fourth-order valence-corrected chi connectivity index (χ4v) is 1.81. The zero-order chi connectivity index (χ0) is 11.8. The Morgan fingerprint density at radius 3 is 2.56 bits per heavy atom. The molecule has 1 aromatic rings. The summed E-state index contributed by atoms with van der Waals surface area (Å²) in [6, 6.07) is 6.40. The molecule has 0 unspecified atom stereocenters. The van der Waals surface area contributed by atoms with Crippen LogP contribution >= 0.6 is 11.8 Å². The Bertz CT molecular complexity index is 328. The van der Waals surface area contributed by atoms with Gasteiger partial charge in [0.15, 0.2) is 0 Å². The van der Waals surface area contributed by atoms with Crippen molar-refractivity contribution in [3.8, 4) is 0 Å². The molecule has 1 aromatic carbocycles. The van der Waals surface area contributed by atoms with Crippen LogP contribution in [-0.2, 0) is 4.74 Å². The number of rotatable bonds is 7. The molecule has 6 heteroatoms. The van der Waals surface area contributed by atoms with E-state index in [0.29, 0.717) is 13.2 Å². The first-order chi connectivity index (χ1) is 7.74. The maximum atomic E-state index is 10.4. The number of hydrogen-bond acceptors (Lipinski definition) is 5. The maximum absolute atomic E-state index is 10.4. The molecular weight excluding hydrogens is 230 g/mol. The second-order valence-electron chi connectivity index (χ2n) is 2.94. The Labute approximate surface area is 97.6 Å². The molecule has 0 heterocycles. The SMILES string of the molecule is O=[N+]([O-])c1ccc(SCCOCCO)cc1. The van der Waals surface area contributed by atoms with Gasteiger partial charge in [0, 0.05) is 22.8 Å². The summed E-state index contributed by atoms with van der Waals surface area (Å²) in [5.74, 6) is 0.762. The molecule has 0 spiro atoms. The first kappa shape index (κ1) is 13.0. The minimum atomic E-state index is -0.418. The zero-order valence-corrected chi connectivity index (χ0v) is 9.48. The van der Waals surface area contributed by atoms with Gasteiger partial charge in [-0.1, -0.05) is 0 Å². The lowest BCUT2D eigenvalue weighted by molar-refractivity contribution is -0.384. The van der Waals surface area contributed by atoms with Crippen LogP contribution in [0.2, 0.25) is 0 Å². The summed E-state index contributed by atoms with van der Waals surface area (Å²) in [6.07, 6.45) is 0. The van der Waals surface area contributed by atoms with Gasteiger partial charge in [-0.25, -0.2) is 0 Å². The molecule has 0 aliphatic carbocycles. The number of aliphatic hydroxyl groups excluding tert-OH is 1. The predicted octanol–water partition coefficient (Wildman–Crippen LogP) is 1.70. The average Bonchev–Trinajstić information content (AvgIpc) is 2.29. The largest absolute Gasteiger partial charge is 0.394 e. The van der Waals surface area contributed by atoms with Crippen LogP contribution in [0.15, 0.2) is 29.2 Å². The maximum Gasteiger partial charge on any atom is 0.269 e.